The molecule has 0 radical (unpaired) electrons. The first kappa shape index (κ1) is 30.3. The Balaban J connectivity index is 1.81. The number of nitrogens with zero attached hydrogens (tertiary/aromatic N) is 2. The Kier molecular flexibility index (Phi) is 11.8. The summed E-state index contributed by atoms with van der Waals surface area (Å²) in [6.45, 7) is 0.706. The number of benzene rings is 2. The van der Waals surface area contributed by atoms with E-state index in [1.165, 1.54) is 6.21 Å². The SMILES string of the molecule is CCCOC(=O)COC(=O)CO/N=C/c1ccc(COC(Oc2ccc(C(F)(F)F)cc2Cl)[N+](=O)[O-])cc1. The van der Waals surface area contributed by atoms with Crippen LogP contribution in [-0.4, -0.2) is 49.3 Å². The molecule has 1 atom stereocenters. The monoisotopic (exact) mass is 562 g/mol. The highest BCUT2D eigenvalue weighted by molar-refractivity contribution is 6.32. The second-order valence-corrected chi connectivity index (χ2v) is 7.70. The highest BCUT2D eigenvalue weighted by Gasteiger charge is 2.32. The number of rotatable bonds is 14. The minimum Gasteiger partial charge on any atom is -0.463 e. The Labute approximate surface area is 219 Å². The summed E-state index contributed by atoms with van der Waals surface area (Å²) in [7, 11) is 0. The summed E-state index contributed by atoms with van der Waals surface area (Å²) in [5.74, 6) is -1.84. The van der Waals surface area contributed by atoms with Gasteiger partial charge in [-0.1, -0.05) is 47.9 Å². The molecule has 38 heavy (non-hydrogen) atoms. The van der Waals surface area contributed by atoms with Crippen LogP contribution in [0.25, 0.3) is 0 Å². The lowest BCUT2D eigenvalue weighted by atomic mass is 10.1. The van der Waals surface area contributed by atoms with Crippen molar-refractivity contribution in [3.63, 3.8) is 0 Å². The predicted molar refractivity (Wildman–Crippen MR) is 125 cm³/mol. The summed E-state index contributed by atoms with van der Waals surface area (Å²) in [5.41, 5.74) is 0.00576. The van der Waals surface area contributed by atoms with Gasteiger partial charge in [0.1, 0.15) is 5.75 Å². The van der Waals surface area contributed by atoms with Gasteiger partial charge in [0.2, 0.25) is 6.61 Å². The molecule has 1 unspecified atom stereocenters. The molecule has 11 nitrogen and oxygen atoms in total. The molecule has 0 saturated heterocycles. The molecule has 15 heteroatoms. The Morgan fingerprint density at radius 1 is 1.11 bits per heavy atom. The fourth-order valence-electron chi connectivity index (χ4n) is 2.51. The van der Waals surface area contributed by atoms with E-state index >= 15 is 0 Å². The van der Waals surface area contributed by atoms with E-state index in [0.717, 1.165) is 6.07 Å². The van der Waals surface area contributed by atoms with E-state index in [9.17, 15) is 32.9 Å². The summed E-state index contributed by atoms with van der Waals surface area (Å²) in [5, 5.41) is 14.4. The summed E-state index contributed by atoms with van der Waals surface area (Å²) in [4.78, 5) is 37.9. The van der Waals surface area contributed by atoms with Crippen LogP contribution in [0.15, 0.2) is 47.6 Å². The molecule has 0 aliphatic heterocycles. The lowest BCUT2D eigenvalue weighted by molar-refractivity contribution is -0.621. The van der Waals surface area contributed by atoms with Crippen molar-refractivity contribution in [2.24, 2.45) is 5.16 Å². The summed E-state index contributed by atoms with van der Waals surface area (Å²) in [6, 6.07) is 8.38. The van der Waals surface area contributed by atoms with Crippen molar-refractivity contribution < 1.29 is 51.5 Å². The molecule has 0 bridgehead atoms. The quantitative estimate of drug-likeness (QED) is 0.108. The number of esters is 2. The summed E-state index contributed by atoms with van der Waals surface area (Å²) in [6.07, 6.45) is -4.75. The van der Waals surface area contributed by atoms with Crippen molar-refractivity contribution in [1.29, 1.82) is 0 Å². The van der Waals surface area contributed by atoms with Crippen LogP contribution in [0.1, 0.15) is 30.0 Å². The Bertz CT molecular complexity index is 1130. The van der Waals surface area contributed by atoms with Crippen LogP contribution in [0.3, 0.4) is 0 Å². The van der Waals surface area contributed by atoms with E-state index in [1.54, 1.807) is 24.3 Å². The first-order valence-corrected chi connectivity index (χ1v) is 11.2. The van der Waals surface area contributed by atoms with E-state index in [2.05, 4.69) is 9.89 Å². The number of alkyl halides is 3. The molecular formula is C23H22ClF3N2O9. The van der Waals surface area contributed by atoms with Crippen molar-refractivity contribution in [3.8, 4) is 5.75 Å². The third-order valence-electron chi connectivity index (χ3n) is 4.31. The van der Waals surface area contributed by atoms with Crippen molar-refractivity contribution in [1.82, 2.24) is 0 Å². The maximum atomic E-state index is 12.8. The smallest absolute Gasteiger partial charge is 0.463 e. The van der Waals surface area contributed by atoms with E-state index in [0.29, 0.717) is 29.7 Å². The zero-order valence-electron chi connectivity index (χ0n) is 19.8. The molecule has 0 spiro atoms. The molecule has 0 saturated carbocycles. The summed E-state index contributed by atoms with van der Waals surface area (Å²) >= 11 is 5.76. The van der Waals surface area contributed by atoms with Crippen LogP contribution in [0.4, 0.5) is 13.2 Å². The van der Waals surface area contributed by atoms with Crippen LogP contribution in [0.5, 0.6) is 5.75 Å². The normalized spacial score (nSPS) is 12.1. The zero-order chi connectivity index (χ0) is 28.1. The van der Waals surface area contributed by atoms with Crippen LogP contribution < -0.4 is 4.74 Å². The number of nitro groups is 1. The first-order chi connectivity index (χ1) is 18.0. The number of carbonyl (C=O) groups excluding carboxylic acids is 2. The van der Waals surface area contributed by atoms with Gasteiger partial charge in [-0.3, -0.25) is 14.9 Å². The molecule has 0 fully saturated rings. The molecule has 206 valence electrons. The number of oxime groups is 1. The largest absolute Gasteiger partial charge is 0.475 e. The standard InChI is InChI=1S/C23H22ClF3N2O9/c1-2-9-34-20(30)13-35-21(31)14-37-28-11-15-3-5-16(6-4-15)12-36-22(29(32)33)38-19-8-7-17(10-18(19)24)23(25,26)27/h3-8,10-11,22H,2,9,12-14H2,1H3/b28-11+. The topological polar surface area (TPSA) is 136 Å². The highest BCUT2D eigenvalue weighted by Crippen LogP contribution is 2.35. The number of hydrogen-bond donors (Lipinski definition) is 0. The van der Waals surface area contributed by atoms with Crippen molar-refractivity contribution >= 4 is 29.8 Å². The number of halogens is 4. The second kappa shape index (κ2) is 14.7. The Hall–Kier alpha value is -3.91. The van der Waals surface area contributed by atoms with Gasteiger partial charge in [0.15, 0.2) is 6.61 Å². The Morgan fingerprint density at radius 3 is 2.39 bits per heavy atom. The highest BCUT2D eigenvalue weighted by atomic mass is 35.5. The van der Waals surface area contributed by atoms with Gasteiger partial charge in [-0.2, -0.15) is 13.2 Å². The molecule has 0 heterocycles. The molecule has 0 aliphatic carbocycles. The summed E-state index contributed by atoms with van der Waals surface area (Å²) < 4.78 is 57.8. The van der Waals surface area contributed by atoms with Crippen LogP contribution >= 0.6 is 11.6 Å². The minimum absolute atomic E-state index is 0.226. The van der Waals surface area contributed by atoms with Crippen molar-refractivity contribution in [2.45, 2.75) is 32.5 Å². The third-order valence-corrected chi connectivity index (χ3v) is 4.60. The minimum atomic E-state index is -4.64. The van der Waals surface area contributed by atoms with Gasteiger partial charge < -0.3 is 19.0 Å². The maximum absolute atomic E-state index is 12.8. The van der Waals surface area contributed by atoms with E-state index in [-0.39, 0.29) is 19.0 Å². The van der Waals surface area contributed by atoms with Gasteiger partial charge in [-0.25, -0.2) is 9.59 Å². The number of ether oxygens (including phenoxy) is 4. The third kappa shape index (κ3) is 10.6. The van der Waals surface area contributed by atoms with Gasteiger partial charge in [0.05, 0.1) is 34.9 Å². The Morgan fingerprint density at radius 2 is 1.79 bits per heavy atom. The van der Waals surface area contributed by atoms with Gasteiger partial charge in [0, 0.05) is 0 Å². The number of hydrogen-bond acceptors (Lipinski definition) is 10. The van der Waals surface area contributed by atoms with E-state index in [1.807, 2.05) is 6.92 Å². The van der Waals surface area contributed by atoms with Crippen molar-refractivity contribution in [2.75, 3.05) is 19.8 Å². The zero-order valence-corrected chi connectivity index (χ0v) is 20.6. The fourth-order valence-corrected chi connectivity index (χ4v) is 2.74. The van der Waals surface area contributed by atoms with E-state index < -0.39 is 53.3 Å². The van der Waals surface area contributed by atoms with Gasteiger partial charge in [-0.15, -0.1) is 0 Å². The molecular weight excluding hydrogens is 541 g/mol. The van der Waals surface area contributed by atoms with Gasteiger partial charge in [0.25, 0.3) is 0 Å². The molecule has 2 aromatic rings. The lowest BCUT2D eigenvalue weighted by Gasteiger charge is -2.14. The number of carbonyl (C=O) groups is 2. The fraction of sp³-hybridized carbons (Fsp3) is 0.348. The van der Waals surface area contributed by atoms with Crippen molar-refractivity contribution in [3.05, 3.63) is 74.3 Å². The van der Waals surface area contributed by atoms with Gasteiger partial charge in [-0.05, 0) is 35.7 Å². The van der Waals surface area contributed by atoms with Crippen LogP contribution in [0, 0.1) is 10.1 Å². The molecule has 0 aromatic heterocycles. The molecule has 0 amide bonds. The van der Waals surface area contributed by atoms with Gasteiger partial charge >= 0.3 is 24.5 Å². The molecule has 2 rings (SSSR count). The first-order valence-electron chi connectivity index (χ1n) is 10.8. The average Bonchev–Trinajstić information content (AvgIpc) is 2.87. The molecule has 0 aliphatic rings. The molecule has 0 N–H and O–H groups in total. The maximum Gasteiger partial charge on any atom is 0.475 e. The van der Waals surface area contributed by atoms with Crippen LogP contribution in [-0.2, 0) is 41.4 Å². The average molecular weight is 563 g/mol. The predicted octanol–water partition coefficient (Wildman–Crippen LogP) is 4.36. The lowest BCUT2D eigenvalue weighted by Crippen LogP contribution is -2.29. The van der Waals surface area contributed by atoms with E-state index in [4.69, 9.17) is 30.6 Å². The molecule has 2 aromatic carbocycles. The van der Waals surface area contributed by atoms with Crippen LogP contribution in [0.2, 0.25) is 5.02 Å². The second-order valence-electron chi connectivity index (χ2n) is 7.29.